The Balaban J connectivity index is 2.06. The van der Waals surface area contributed by atoms with E-state index in [0.717, 1.165) is 11.3 Å². The second kappa shape index (κ2) is 1.87. The minimum atomic E-state index is 0.791. The number of rotatable bonds is 0. The van der Waals surface area contributed by atoms with Gasteiger partial charge in [-0.2, -0.15) is 0 Å². The second-order valence-electron chi connectivity index (χ2n) is 4.22. The SMILES string of the molecule is CC1=CCC2(CC1)C[C@H]2C. The summed E-state index contributed by atoms with van der Waals surface area (Å²) in [6, 6.07) is 0. The zero-order valence-corrected chi connectivity index (χ0v) is 6.98. The molecule has 1 spiro atoms. The van der Waals surface area contributed by atoms with Crippen molar-refractivity contribution in [1.29, 1.82) is 0 Å². The van der Waals surface area contributed by atoms with Crippen LogP contribution in [0, 0.1) is 11.3 Å². The van der Waals surface area contributed by atoms with Crippen LogP contribution in [0.2, 0.25) is 0 Å². The lowest BCUT2D eigenvalue weighted by molar-refractivity contribution is 0.414. The fourth-order valence-corrected chi connectivity index (χ4v) is 2.21. The summed E-state index contributed by atoms with van der Waals surface area (Å²) >= 11 is 0. The van der Waals surface area contributed by atoms with E-state index in [4.69, 9.17) is 0 Å². The van der Waals surface area contributed by atoms with Gasteiger partial charge in [-0.25, -0.2) is 0 Å². The van der Waals surface area contributed by atoms with Crippen molar-refractivity contribution in [3.63, 3.8) is 0 Å². The van der Waals surface area contributed by atoms with Crippen molar-refractivity contribution >= 4 is 0 Å². The summed E-state index contributed by atoms with van der Waals surface area (Å²) in [4.78, 5) is 0. The minimum Gasteiger partial charge on any atom is -0.0850 e. The largest absolute Gasteiger partial charge is 0.0850 e. The lowest BCUT2D eigenvalue weighted by atomic mass is 9.86. The van der Waals surface area contributed by atoms with Crippen LogP contribution in [-0.4, -0.2) is 0 Å². The Labute approximate surface area is 63.3 Å². The van der Waals surface area contributed by atoms with Gasteiger partial charge < -0.3 is 0 Å². The molecule has 0 amide bonds. The fourth-order valence-electron chi connectivity index (χ4n) is 2.21. The van der Waals surface area contributed by atoms with Crippen LogP contribution in [0.1, 0.15) is 39.5 Å². The molecule has 0 radical (unpaired) electrons. The van der Waals surface area contributed by atoms with Crippen molar-refractivity contribution in [2.45, 2.75) is 39.5 Å². The summed E-state index contributed by atoms with van der Waals surface area (Å²) in [6.07, 6.45) is 8.16. The standard InChI is InChI=1S/C10H16/c1-8-3-5-10(6-4-8)7-9(10)2/h3,9H,4-7H2,1-2H3/t9-,10?/m1/s1. The van der Waals surface area contributed by atoms with Crippen LogP contribution in [0.3, 0.4) is 0 Å². The first-order chi connectivity index (χ1) is 4.73. The van der Waals surface area contributed by atoms with Crippen molar-refractivity contribution in [2.75, 3.05) is 0 Å². The maximum Gasteiger partial charge on any atom is -0.0231 e. The first-order valence-electron chi connectivity index (χ1n) is 4.39. The van der Waals surface area contributed by atoms with Crippen molar-refractivity contribution in [2.24, 2.45) is 11.3 Å². The lowest BCUT2D eigenvalue weighted by Gasteiger charge is -2.19. The summed E-state index contributed by atoms with van der Waals surface area (Å²) in [5.41, 5.74) is 2.41. The molecule has 0 N–H and O–H groups in total. The zero-order valence-electron chi connectivity index (χ0n) is 6.98. The molecular formula is C10H16. The average molecular weight is 136 g/mol. The van der Waals surface area contributed by atoms with Crippen LogP contribution in [0.25, 0.3) is 0 Å². The summed E-state index contributed by atoms with van der Waals surface area (Å²) in [6.45, 7) is 4.66. The van der Waals surface area contributed by atoms with Crippen molar-refractivity contribution in [3.8, 4) is 0 Å². The molecule has 0 saturated heterocycles. The van der Waals surface area contributed by atoms with Crippen molar-refractivity contribution in [3.05, 3.63) is 11.6 Å². The van der Waals surface area contributed by atoms with Gasteiger partial charge in [0.2, 0.25) is 0 Å². The van der Waals surface area contributed by atoms with Gasteiger partial charge in [0.05, 0.1) is 0 Å². The molecule has 0 bridgehead atoms. The number of allylic oxidation sites excluding steroid dienone is 2. The molecule has 2 atom stereocenters. The topological polar surface area (TPSA) is 0 Å². The van der Waals surface area contributed by atoms with E-state index in [1.165, 1.54) is 25.7 Å². The van der Waals surface area contributed by atoms with Crippen LogP contribution in [0.4, 0.5) is 0 Å². The molecule has 56 valence electrons. The van der Waals surface area contributed by atoms with Crippen LogP contribution in [0.5, 0.6) is 0 Å². The molecule has 1 fully saturated rings. The first kappa shape index (κ1) is 6.45. The van der Waals surface area contributed by atoms with Gasteiger partial charge in [-0.05, 0) is 43.9 Å². The molecule has 0 nitrogen and oxygen atoms in total. The molecule has 2 aliphatic rings. The second-order valence-corrected chi connectivity index (χ2v) is 4.22. The summed E-state index contributed by atoms with van der Waals surface area (Å²) in [7, 11) is 0. The molecule has 0 aromatic rings. The van der Waals surface area contributed by atoms with E-state index in [1.54, 1.807) is 5.57 Å². The Bertz CT molecular complexity index is 178. The Morgan fingerprint density at radius 2 is 2.30 bits per heavy atom. The minimum absolute atomic E-state index is 0.791. The summed E-state index contributed by atoms with van der Waals surface area (Å²) < 4.78 is 0. The van der Waals surface area contributed by atoms with Gasteiger partial charge in [-0.3, -0.25) is 0 Å². The van der Waals surface area contributed by atoms with Gasteiger partial charge in [-0.1, -0.05) is 18.6 Å². The van der Waals surface area contributed by atoms with Gasteiger partial charge in [-0.15, -0.1) is 0 Å². The van der Waals surface area contributed by atoms with Crippen LogP contribution < -0.4 is 0 Å². The van der Waals surface area contributed by atoms with Crippen LogP contribution >= 0.6 is 0 Å². The summed E-state index contributed by atoms with van der Waals surface area (Å²) in [5.74, 6) is 1.02. The van der Waals surface area contributed by atoms with Gasteiger partial charge in [0, 0.05) is 0 Å². The molecule has 0 heteroatoms. The predicted molar refractivity (Wildman–Crippen MR) is 43.8 cm³/mol. The van der Waals surface area contributed by atoms with Crippen LogP contribution in [0.15, 0.2) is 11.6 Å². The number of hydrogen-bond acceptors (Lipinski definition) is 0. The third-order valence-corrected chi connectivity index (χ3v) is 3.47. The van der Waals surface area contributed by atoms with Gasteiger partial charge in [0.15, 0.2) is 0 Å². The van der Waals surface area contributed by atoms with Gasteiger partial charge in [0.25, 0.3) is 0 Å². The van der Waals surface area contributed by atoms with E-state index in [1.807, 2.05) is 0 Å². The zero-order chi connectivity index (χ0) is 7.19. The smallest absolute Gasteiger partial charge is 0.0231 e. The Kier molecular flexibility index (Phi) is 1.21. The lowest BCUT2D eigenvalue weighted by Crippen LogP contribution is -2.06. The average Bonchev–Trinajstić information content (AvgIpc) is 2.53. The molecule has 1 saturated carbocycles. The quantitative estimate of drug-likeness (QED) is 0.449. The predicted octanol–water partition coefficient (Wildman–Crippen LogP) is 3.14. The van der Waals surface area contributed by atoms with E-state index in [2.05, 4.69) is 19.9 Å². The fraction of sp³-hybridized carbons (Fsp3) is 0.800. The molecule has 0 aromatic carbocycles. The highest BCUT2D eigenvalue weighted by Crippen LogP contribution is 2.60. The highest BCUT2D eigenvalue weighted by atomic mass is 14.5. The van der Waals surface area contributed by atoms with E-state index in [9.17, 15) is 0 Å². The van der Waals surface area contributed by atoms with Gasteiger partial charge >= 0.3 is 0 Å². The van der Waals surface area contributed by atoms with Crippen molar-refractivity contribution < 1.29 is 0 Å². The van der Waals surface area contributed by atoms with Gasteiger partial charge in [0.1, 0.15) is 0 Å². The highest BCUT2D eigenvalue weighted by molar-refractivity contribution is 5.14. The number of hydrogen-bond donors (Lipinski definition) is 0. The van der Waals surface area contributed by atoms with E-state index in [-0.39, 0.29) is 0 Å². The molecular weight excluding hydrogens is 120 g/mol. The Hall–Kier alpha value is -0.260. The maximum atomic E-state index is 2.45. The molecule has 1 unspecified atom stereocenters. The molecule has 10 heavy (non-hydrogen) atoms. The van der Waals surface area contributed by atoms with Crippen LogP contribution in [-0.2, 0) is 0 Å². The molecule has 0 heterocycles. The molecule has 2 rings (SSSR count). The van der Waals surface area contributed by atoms with Crippen molar-refractivity contribution in [1.82, 2.24) is 0 Å². The monoisotopic (exact) mass is 136 g/mol. The highest BCUT2D eigenvalue weighted by Gasteiger charge is 2.49. The summed E-state index contributed by atoms with van der Waals surface area (Å²) in [5, 5.41) is 0. The molecule has 0 aliphatic heterocycles. The van der Waals surface area contributed by atoms with E-state index in [0.29, 0.717) is 0 Å². The maximum absolute atomic E-state index is 2.45. The third kappa shape index (κ3) is 0.817. The Morgan fingerprint density at radius 1 is 1.60 bits per heavy atom. The Morgan fingerprint density at radius 3 is 2.70 bits per heavy atom. The third-order valence-electron chi connectivity index (χ3n) is 3.47. The molecule has 2 aliphatic carbocycles. The molecule has 0 aromatic heterocycles. The van der Waals surface area contributed by atoms with E-state index < -0.39 is 0 Å². The normalized spacial score (nSPS) is 45.4. The first-order valence-corrected chi connectivity index (χ1v) is 4.39. The van der Waals surface area contributed by atoms with E-state index >= 15 is 0 Å².